The third-order valence-electron chi connectivity index (χ3n) is 2.70. The Labute approximate surface area is 118 Å². The van der Waals surface area contributed by atoms with Gasteiger partial charge in [-0.15, -0.1) is 11.3 Å². The van der Waals surface area contributed by atoms with Crippen molar-refractivity contribution in [2.45, 2.75) is 33.4 Å². The number of hydrogen-bond acceptors (Lipinski definition) is 4. The lowest BCUT2D eigenvalue weighted by molar-refractivity contribution is 0.309. The summed E-state index contributed by atoms with van der Waals surface area (Å²) in [6.45, 7) is 6.71. The quantitative estimate of drug-likeness (QED) is 0.786. The Hall–Kier alpha value is -1.39. The van der Waals surface area contributed by atoms with Crippen LogP contribution >= 0.6 is 11.3 Å². The highest BCUT2D eigenvalue weighted by Crippen LogP contribution is 2.17. The standard InChI is InChI=1S/C15H20N2OS/c1-3-7-16-9-13-5-4-6-14(8-13)18-11-15-10-17-12(2)19-15/h4-6,8,10,16H,3,7,9,11H2,1-2H3. The summed E-state index contributed by atoms with van der Waals surface area (Å²) in [7, 11) is 0. The molecule has 1 aromatic heterocycles. The Bertz CT molecular complexity index is 510. The molecule has 0 saturated heterocycles. The molecule has 0 fully saturated rings. The highest BCUT2D eigenvalue weighted by molar-refractivity contribution is 7.11. The van der Waals surface area contributed by atoms with Crippen LogP contribution in [0, 0.1) is 6.92 Å². The van der Waals surface area contributed by atoms with Crippen LogP contribution in [-0.4, -0.2) is 11.5 Å². The van der Waals surface area contributed by atoms with E-state index in [1.165, 1.54) is 5.56 Å². The number of hydrogen-bond donors (Lipinski definition) is 1. The summed E-state index contributed by atoms with van der Waals surface area (Å²) in [5.41, 5.74) is 1.26. The molecule has 2 aromatic rings. The maximum absolute atomic E-state index is 5.79. The lowest BCUT2D eigenvalue weighted by Crippen LogP contribution is -2.13. The van der Waals surface area contributed by atoms with E-state index in [0.29, 0.717) is 6.61 Å². The molecule has 1 aromatic carbocycles. The molecule has 0 aliphatic rings. The van der Waals surface area contributed by atoms with E-state index in [1.807, 2.05) is 25.3 Å². The second-order valence-electron chi connectivity index (χ2n) is 4.46. The van der Waals surface area contributed by atoms with Crippen molar-refractivity contribution in [2.24, 2.45) is 0 Å². The van der Waals surface area contributed by atoms with Crippen molar-refractivity contribution < 1.29 is 4.74 Å². The van der Waals surface area contributed by atoms with Crippen LogP contribution in [0.5, 0.6) is 5.75 Å². The minimum Gasteiger partial charge on any atom is -0.488 e. The lowest BCUT2D eigenvalue weighted by atomic mass is 10.2. The molecule has 0 radical (unpaired) electrons. The number of ether oxygens (including phenoxy) is 1. The molecule has 19 heavy (non-hydrogen) atoms. The highest BCUT2D eigenvalue weighted by atomic mass is 32.1. The van der Waals surface area contributed by atoms with Crippen molar-refractivity contribution in [3.05, 3.63) is 45.9 Å². The van der Waals surface area contributed by atoms with E-state index < -0.39 is 0 Å². The lowest BCUT2D eigenvalue weighted by Gasteiger charge is -2.07. The van der Waals surface area contributed by atoms with E-state index >= 15 is 0 Å². The van der Waals surface area contributed by atoms with Crippen molar-refractivity contribution in [1.29, 1.82) is 0 Å². The van der Waals surface area contributed by atoms with E-state index in [2.05, 4.69) is 29.4 Å². The molecule has 0 amide bonds. The summed E-state index contributed by atoms with van der Waals surface area (Å²) >= 11 is 1.68. The summed E-state index contributed by atoms with van der Waals surface area (Å²) in [4.78, 5) is 5.38. The minimum absolute atomic E-state index is 0.595. The zero-order chi connectivity index (χ0) is 13.5. The predicted octanol–water partition coefficient (Wildman–Crippen LogP) is 3.53. The first-order valence-electron chi connectivity index (χ1n) is 6.61. The van der Waals surface area contributed by atoms with E-state index in [-0.39, 0.29) is 0 Å². The number of nitrogens with zero attached hydrogens (tertiary/aromatic N) is 1. The van der Waals surface area contributed by atoms with Crippen LogP contribution < -0.4 is 10.1 Å². The molecule has 0 aliphatic heterocycles. The zero-order valence-corrected chi connectivity index (χ0v) is 12.3. The van der Waals surface area contributed by atoms with Gasteiger partial charge in [-0.05, 0) is 37.6 Å². The molecule has 2 rings (SSSR count). The van der Waals surface area contributed by atoms with Gasteiger partial charge in [-0.2, -0.15) is 0 Å². The van der Waals surface area contributed by atoms with Crippen LogP contribution in [0.3, 0.4) is 0 Å². The molecule has 0 unspecified atom stereocenters. The normalized spacial score (nSPS) is 10.6. The third-order valence-corrected chi connectivity index (χ3v) is 3.59. The first-order chi connectivity index (χ1) is 9.28. The van der Waals surface area contributed by atoms with E-state index in [4.69, 9.17) is 4.74 Å². The number of aromatic nitrogens is 1. The van der Waals surface area contributed by atoms with Gasteiger partial charge >= 0.3 is 0 Å². The van der Waals surface area contributed by atoms with Gasteiger partial charge in [0.1, 0.15) is 12.4 Å². The number of thiazole rings is 1. The summed E-state index contributed by atoms with van der Waals surface area (Å²) in [6.07, 6.45) is 3.04. The second kappa shape index (κ2) is 7.26. The van der Waals surface area contributed by atoms with Gasteiger partial charge in [0.25, 0.3) is 0 Å². The van der Waals surface area contributed by atoms with E-state index in [9.17, 15) is 0 Å². The molecule has 3 nitrogen and oxygen atoms in total. The van der Waals surface area contributed by atoms with Gasteiger partial charge < -0.3 is 10.1 Å². The van der Waals surface area contributed by atoms with Gasteiger partial charge in [-0.1, -0.05) is 19.1 Å². The third kappa shape index (κ3) is 4.65. The zero-order valence-electron chi connectivity index (χ0n) is 11.5. The molecule has 1 heterocycles. The number of rotatable bonds is 7. The fraction of sp³-hybridized carbons (Fsp3) is 0.400. The van der Waals surface area contributed by atoms with E-state index in [0.717, 1.165) is 35.1 Å². The molecule has 0 bridgehead atoms. The molecule has 0 atom stereocenters. The summed E-state index contributed by atoms with van der Waals surface area (Å²) in [5, 5.41) is 4.47. The van der Waals surface area contributed by atoms with Crippen molar-refractivity contribution in [3.63, 3.8) is 0 Å². The maximum Gasteiger partial charge on any atom is 0.124 e. The van der Waals surface area contributed by atoms with Gasteiger partial charge in [0.05, 0.1) is 9.88 Å². The van der Waals surface area contributed by atoms with Crippen LogP contribution in [0.4, 0.5) is 0 Å². The number of benzene rings is 1. The van der Waals surface area contributed by atoms with Crippen LogP contribution in [0.15, 0.2) is 30.5 Å². The second-order valence-corrected chi connectivity index (χ2v) is 5.78. The SMILES string of the molecule is CCCNCc1cccc(OCc2cnc(C)s2)c1. The largest absolute Gasteiger partial charge is 0.488 e. The smallest absolute Gasteiger partial charge is 0.124 e. The molecular formula is C15H20N2OS. The minimum atomic E-state index is 0.595. The average Bonchev–Trinajstić information content (AvgIpc) is 2.83. The molecule has 4 heteroatoms. The molecule has 0 aliphatic carbocycles. The molecule has 1 N–H and O–H groups in total. The van der Waals surface area contributed by atoms with Crippen LogP contribution in [0.1, 0.15) is 28.8 Å². The van der Waals surface area contributed by atoms with Gasteiger partial charge in [0, 0.05) is 12.7 Å². The van der Waals surface area contributed by atoms with Gasteiger partial charge in [0.15, 0.2) is 0 Å². The summed E-state index contributed by atoms with van der Waals surface area (Å²) in [5.74, 6) is 0.918. The molecule has 0 spiro atoms. The molecular weight excluding hydrogens is 256 g/mol. The summed E-state index contributed by atoms with van der Waals surface area (Å²) in [6, 6.07) is 8.25. The average molecular weight is 276 g/mol. The topological polar surface area (TPSA) is 34.1 Å². The Morgan fingerprint density at radius 1 is 1.37 bits per heavy atom. The van der Waals surface area contributed by atoms with Crippen LogP contribution in [0.2, 0.25) is 0 Å². The van der Waals surface area contributed by atoms with Gasteiger partial charge in [0.2, 0.25) is 0 Å². The van der Waals surface area contributed by atoms with Gasteiger partial charge in [-0.25, -0.2) is 4.98 Å². The van der Waals surface area contributed by atoms with Crippen molar-refractivity contribution >= 4 is 11.3 Å². The Balaban J connectivity index is 1.87. The predicted molar refractivity (Wildman–Crippen MR) is 79.6 cm³/mol. The highest BCUT2D eigenvalue weighted by Gasteiger charge is 2.01. The maximum atomic E-state index is 5.79. The Kier molecular flexibility index (Phi) is 5.36. The summed E-state index contributed by atoms with van der Waals surface area (Å²) < 4.78 is 5.79. The van der Waals surface area contributed by atoms with Gasteiger partial charge in [-0.3, -0.25) is 0 Å². The number of nitrogens with one attached hydrogen (secondary N) is 1. The Morgan fingerprint density at radius 3 is 3.00 bits per heavy atom. The van der Waals surface area contributed by atoms with Crippen LogP contribution in [-0.2, 0) is 13.2 Å². The van der Waals surface area contributed by atoms with E-state index in [1.54, 1.807) is 11.3 Å². The van der Waals surface area contributed by atoms with Crippen molar-refractivity contribution in [1.82, 2.24) is 10.3 Å². The first kappa shape index (κ1) is 14.0. The van der Waals surface area contributed by atoms with Crippen molar-refractivity contribution in [2.75, 3.05) is 6.54 Å². The van der Waals surface area contributed by atoms with Crippen LogP contribution in [0.25, 0.3) is 0 Å². The molecule has 102 valence electrons. The fourth-order valence-electron chi connectivity index (χ4n) is 1.78. The molecule has 0 saturated carbocycles. The monoisotopic (exact) mass is 276 g/mol. The first-order valence-corrected chi connectivity index (χ1v) is 7.43. The fourth-order valence-corrected chi connectivity index (χ4v) is 2.49. The number of aryl methyl sites for hydroxylation is 1. The Morgan fingerprint density at radius 2 is 2.26 bits per heavy atom. The van der Waals surface area contributed by atoms with Crippen molar-refractivity contribution in [3.8, 4) is 5.75 Å².